The monoisotopic (exact) mass is 181 g/mol. The highest BCUT2D eigenvalue weighted by molar-refractivity contribution is 5.77. The molecule has 0 bridgehead atoms. The number of ether oxygens (including phenoxy) is 1. The molecule has 0 N–H and O–H groups in total. The van der Waals surface area contributed by atoms with Crippen LogP contribution < -0.4 is 0 Å². The molecule has 0 aromatic carbocycles. The summed E-state index contributed by atoms with van der Waals surface area (Å²) in [6.45, 7) is 6.98. The second-order valence-corrected chi connectivity index (χ2v) is 4.72. The van der Waals surface area contributed by atoms with Crippen molar-refractivity contribution in [1.82, 2.24) is 4.90 Å². The summed E-state index contributed by atoms with van der Waals surface area (Å²) in [6, 6.07) is 0.348. The molecule has 0 aliphatic carbocycles. The molecule has 2 aliphatic heterocycles. The number of fused-ring (bicyclic) bond motifs is 1. The largest absolute Gasteiger partial charge is 0.449 e. The zero-order valence-electron chi connectivity index (χ0n) is 8.33. The van der Waals surface area contributed by atoms with Crippen LogP contribution in [0.4, 0.5) is 4.79 Å². The molecule has 2 rings (SSSR count). The summed E-state index contributed by atoms with van der Waals surface area (Å²) >= 11 is 0. The third-order valence-corrected chi connectivity index (χ3v) is 2.26. The van der Waals surface area contributed by atoms with Gasteiger partial charge >= 0.3 is 6.09 Å². The van der Waals surface area contributed by atoms with E-state index in [2.05, 4.69) is 26.8 Å². The number of hydrogen-bond acceptors (Lipinski definition) is 2. The van der Waals surface area contributed by atoms with Crippen LogP contribution in [0.3, 0.4) is 0 Å². The van der Waals surface area contributed by atoms with Gasteiger partial charge in [0.1, 0.15) is 0 Å². The number of carbonyl (C=O) groups is 1. The van der Waals surface area contributed by atoms with Crippen LogP contribution in [-0.4, -0.2) is 23.6 Å². The van der Waals surface area contributed by atoms with Gasteiger partial charge < -0.3 is 4.74 Å². The molecule has 13 heavy (non-hydrogen) atoms. The van der Waals surface area contributed by atoms with Gasteiger partial charge in [-0.05, 0) is 5.41 Å². The molecule has 1 atom stereocenters. The van der Waals surface area contributed by atoms with Crippen LogP contribution in [0.1, 0.15) is 27.2 Å². The third-order valence-electron chi connectivity index (χ3n) is 2.26. The fourth-order valence-corrected chi connectivity index (χ4v) is 1.70. The Morgan fingerprint density at radius 1 is 1.54 bits per heavy atom. The Bertz CT molecular complexity index is 275. The molecule has 0 saturated carbocycles. The first kappa shape index (κ1) is 8.60. The second kappa shape index (κ2) is 2.50. The summed E-state index contributed by atoms with van der Waals surface area (Å²) in [6.07, 6.45) is 2.93. The minimum absolute atomic E-state index is 0.146. The van der Waals surface area contributed by atoms with E-state index in [0.717, 1.165) is 12.1 Å². The summed E-state index contributed by atoms with van der Waals surface area (Å²) in [5.74, 6) is 0. The number of amides is 1. The SMILES string of the molecule is CC(C)(C)/C=C1\C2CCOC(=O)N12. The highest BCUT2D eigenvalue weighted by atomic mass is 16.6. The normalized spacial score (nSPS) is 30.1. The smallest absolute Gasteiger partial charge is 0.414 e. The van der Waals surface area contributed by atoms with Gasteiger partial charge in [-0.2, -0.15) is 0 Å². The van der Waals surface area contributed by atoms with E-state index in [1.54, 1.807) is 4.90 Å². The molecule has 3 heteroatoms. The fourth-order valence-electron chi connectivity index (χ4n) is 1.70. The highest BCUT2D eigenvalue weighted by Crippen LogP contribution is 2.41. The summed E-state index contributed by atoms with van der Waals surface area (Å²) in [4.78, 5) is 12.9. The van der Waals surface area contributed by atoms with Crippen molar-refractivity contribution in [2.75, 3.05) is 6.61 Å². The molecule has 0 aromatic heterocycles. The van der Waals surface area contributed by atoms with E-state index >= 15 is 0 Å². The minimum Gasteiger partial charge on any atom is -0.449 e. The molecule has 2 aliphatic rings. The van der Waals surface area contributed by atoms with Crippen LogP contribution in [0.25, 0.3) is 0 Å². The van der Waals surface area contributed by atoms with Crippen molar-refractivity contribution in [2.45, 2.75) is 33.2 Å². The van der Waals surface area contributed by atoms with E-state index in [9.17, 15) is 4.79 Å². The van der Waals surface area contributed by atoms with Crippen molar-refractivity contribution < 1.29 is 9.53 Å². The molecule has 2 fully saturated rings. The maximum Gasteiger partial charge on any atom is 0.414 e. The lowest BCUT2D eigenvalue weighted by Gasteiger charge is -2.10. The molecule has 72 valence electrons. The van der Waals surface area contributed by atoms with E-state index in [4.69, 9.17) is 4.74 Å². The predicted molar refractivity (Wildman–Crippen MR) is 49.1 cm³/mol. The Kier molecular flexibility index (Phi) is 1.65. The standard InChI is InChI=1S/C10H15NO2/c1-10(2,3)6-8-7-4-5-13-9(12)11(7)8/h6-7H,4-5H2,1-3H3/b8-6+. The first-order valence-electron chi connectivity index (χ1n) is 4.68. The highest BCUT2D eigenvalue weighted by Gasteiger charge is 2.49. The van der Waals surface area contributed by atoms with E-state index in [1.807, 2.05) is 0 Å². The molecule has 2 saturated heterocycles. The maximum absolute atomic E-state index is 11.2. The van der Waals surface area contributed by atoms with Gasteiger partial charge in [0, 0.05) is 12.1 Å². The minimum atomic E-state index is -0.174. The van der Waals surface area contributed by atoms with Crippen molar-refractivity contribution in [1.29, 1.82) is 0 Å². The molecular weight excluding hydrogens is 166 g/mol. The average Bonchev–Trinajstić information content (AvgIpc) is 2.61. The zero-order chi connectivity index (χ0) is 9.64. The van der Waals surface area contributed by atoms with E-state index in [0.29, 0.717) is 12.6 Å². The molecule has 1 amide bonds. The number of rotatable bonds is 0. The van der Waals surface area contributed by atoms with Crippen LogP contribution in [-0.2, 0) is 4.74 Å². The Labute approximate surface area is 78.4 Å². The fraction of sp³-hybridized carbons (Fsp3) is 0.700. The second-order valence-electron chi connectivity index (χ2n) is 4.72. The van der Waals surface area contributed by atoms with Gasteiger partial charge in [-0.25, -0.2) is 4.79 Å². The van der Waals surface area contributed by atoms with Crippen LogP contribution in [0.2, 0.25) is 0 Å². The van der Waals surface area contributed by atoms with Crippen molar-refractivity contribution in [3.63, 3.8) is 0 Å². The summed E-state index contributed by atoms with van der Waals surface area (Å²) < 4.78 is 4.92. The number of allylic oxidation sites excluding steroid dienone is 1. The lowest BCUT2D eigenvalue weighted by Crippen LogP contribution is -2.22. The van der Waals surface area contributed by atoms with Crippen molar-refractivity contribution in [3.8, 4) is 0 Å². The molecule has 0 aromatic rings. The van der Waals surface area contributed by atoms with Gasteiger partial charge in [-0.15, -0.1) is 0 Å². The van der Waals surface area contributed by atoms with Crippen LogP contribution in [0.15, 0.2) is 11.8 Å². The predicted octanol–water partition coefficient (Wildman–Crippen LogP) is 2.14. The molecular formula is C10H15NO2. The topological polar surface area (TPSA) is 29.3 Å². The summed E-state index contributed by atoms with van der Waals surface area (Å²) in [5, 5.41) is 0. The Hall–Kier alpha value is -0.990. The zero-order valence-corrected chi connectivity index (χ0v) is 8.33. The van der Waals surface area contributed by atoms with Gasteiger partial charge in [0.05, 0.1) is 12.6 Å². The number of nitrogens with zero attached hydrogens (tertiary/aromatic N) is 1. The van der Waals surface area contributed by atoms with Gasteiger partial charge in [0.15, 0.2) is 0 Å². The Balaban J connectivity index is 2.14. The van der Waals surface area contributed by atoms with Crippen molar-refractivity contribution in [3.05, 3.63) is 11.8 Å². The van der Waals surface area contributed by atoms with Crippen LogP contribution >= 0.6 is 0 Å². The Morgan fingerprint density at radius 2 is 2.23 bits per heavy atom. The van der Waals surface area contributed by atoms with E-state index in [-0.39, 0.29) is 11.5 Å². The number of hydrogen-bond donors (Lipinski definition) is 0. The van der Waals surface area contributed by atoms with Gasteiger partial charge in [-0.3, -0.25) is 4.90 Å². The first-order chi connectivity index (χ1) is 5.99. The first-order valence-corrected chi connectivity index (χ1v) is 4.68. The van der Waals surface area contributed by atoms with Crippen LogP contribution in [0.5, 0.6) is 0 Å². The summed E-state index contributed by atoms with van der Waals surface area (Å²) in [5.41, 5.74) is 1.29. The molecule has 1 unspecified atom stereocenters. The molecule has 0 spiro atoms. The van der Waals surface area contributed by atoms with E-state index in [1.165, 1.54) is 0 Å². The molecule has 2 heterocycles. The lowest BCUT2D eigenvalue weighted by molar-refractivity contribution is 0.111. The van der Waals surface area contributed by atoms with Gasteiger partial charge in [0.2, 0.25) is 0 Å². The molecule has 3 nitrogen and oxygen atoms in total. The number of carbonyl (C=O) groups excluding carboxylic acids is 1. The number of cyclic esters (lactones) is 1. The Morgan fingerprint density at radius 3 is 2.77 bits per heavy atom. The van der Waals surface area contributed by atoms with Gasteiger partial charge in [-0.1, -0.05) is 26.8 Å². The van der Waals surface area contributed by atoms with Crippen molar-refractivity contribution >= 4 is 6.09 Å². The summed E-state index contributed by atoms with van der Waals surface area (Å²) in [7, 11) is 0. The maximum atomic E-state index is 11.2. The lowest BCUT2D eigenvalue weighted by atomic mass is 9.96. The third kappa shape index (κ3) is 1.55. The average molecular weight is 181 g/mol. The van der Waals surface area contributed by atoms with Crippen LogP contribution in [0, 0.1) is 5.41 Å². The van der Waals surface area contributed by atoms with E-state index < -0.39 is 0 Å². The van der Waals surface area contributed by atoms with Gasteiger partial charge in [0.25, 0.3) is 0 Å². The van der Waals surface area contributed by atoms with Crippen molar-refractivity contribution in [2.24, 2.45) is 5.41 Å². The molecule has 0 radical (unpaired) electrons. The quantitative estimate of drug-likeness (QED) is 0.536.